The van der Waals surface area contributed by atoms with Gasteiger partial charge in [0.05, 0.1) is 19.6 Å². The molecule has 171 valence electrons. The van der Waals surface area contributed by atoms with E-state index in [-0.39, 0.29) is 44.2 Å². The Hall–Kier alpha value is -1.03. The van der Waals surface area contributed by atoms with E-state index in [1.807, 2.05) is 18.2 Å². The summed E-state index contributed by atoms with van der Waals surface area (Å²) in [6.45, 7) is 12.0. The minimum absolute atomic E-state index is 0. The Morgan fingerprint density at radius 1 is 0.844 bits per heavy atom. The Balaban J connectivity index is 0.000000388. The normalized spacial score (nSPS) is 18.6. The number of rotatable bonds is 4. The Labute approximate surface area is 220 Å². The SMILES string of the molecule is CC[N+]1(C2(C(=O)Nc3c(C)cccc3C)CC2)CCCCCCC1.Cc1ccccc1.[Y]. The first-order valence-corrected chi connectivity index (χ1v) is 12.2. The quantitative estimate of drug-likeness (QED) is 0.464. The van der Waals surface area contributed by atoms with E-state index >= 15 is 0 Å². The van der Waals surface area contributed by atoms with Gasteiger partial charge in [-0.05, 0) is 64.5 Å². The second-order valence-electron chi connectivity index (χ2n) is 9.58. The van der Waals surface area contributed by atoms with Crippen LogP contribution in [-0.4, -0.2) is 35.6 Å². The van der Waals surface area contributed by atoms with Crippen LogP contribution in [0.25, 0.3) is 0 Å². The van der Waals surface area contributed by atoms with Gasteiger partial charge in [-0.25, -0.2) is 0 Å². The summed E-state index contributed by atoms with van der Waals surface area (Å²) >= 11 is 0. The molecule has 0 spiro atoms. The summed E-state index contributed by atoms with van der Waals surface area (Å²) in [5, 5.41) is 3.32. The molecule has 0 bridgehead atoms. The van der Waals surface area contributed by atoms with E-state index in [0.717, 1.165) is 40.7 Å². The van der Waals surface area contributed by atoms with E-state index in [1.165, 1.54) is 50.8 Å². The first kappa shape index (κ1) is 27.2. The van der Waals surface area contributed by atoms with E-state index in [0.29, 0.717) is 0 Å². The fraction of sp³-hybridized carbons (Fsp3) is 0.536. The maximum atomic E-state index is 13.3. The average Bonchev–Trinajstić information content (AvgIpc) is 3.55. The van der Waals surface area contributed by atoms with Gasteiger partial charge in [0, 0.05) is 51.2 Å². The summed E-state index contributed by atoms with van der Waals surface area (Å²) in [5.41, 5.74) is 4.50. The number of carbonyl (C=O) groups is 1. The van der Waals surface area contributed by atoms with Crippen molar-refractivity contribution in [1.29, 1.82) is 0 Å². The number of benzene rings is 2. The molecule has 3 nitrogen and oxygen atoms in total. The van der Waals surface area contributed by atoms with Crippen LogP contribution in [0.2, 0.25) is 0 Å². The van der Waals surface area contributed by atoms with Gasteiger partial charge in [-0.15, -0.1) is 0 Å². The topological polar surface area (TPSA) is 29.1 Å². The maximum Gasteiger partial charge on any atom is 0.285 e. The average molecular weight is 511 g/mol. The number of amides is 1. The molecule has 1 saturated heterocycles. The molecule has 4 heteroatoms. The van der Waals surface area contributed by atoms with Crippen LogP contribution in [0.5, 0.6) is 0 Å². The number of carbonyl (C=O) groups excluding carboxylic acids is 1. The maximum absolute atomic E-state index is 13.3. The molecular weight excluding hydrogens is 469 g/mol. The van der Waals surface area contributed by atoms with E-state index in [4.69, 9.17) is 0 Å². The number of likely N-dealkylation sites (tertiary alicyclic amines) is 1. The minimum Gasteiger partial charge on any atom is -0.320 e. The summed E-state index contributed by atoms with van der Waals surface area (Å²) in [6.07, 6.45) is 8.67. The van der Waals surface area contributed by atoms with Crippen LogP contribution in [0, 0.1) is 20.8 Å². The number of hydrogen-bond donors (Lipinski definition) is 1. The predicted molar refractivity (Wildman–Crippen MR) is 131 cm³/mol. The number of nitrogens with zero attached hydrogens (tertiary/aromatic N) is 1. The third-order valence-corrected chi connectivity index (χ3v) is 7.49. The number of hydrogen-bond acceptors (Lipinski definition) is 1. The molecular formula is C28H41N2OY+. The van der Waals surface area contributed by atoms with Gasteiger partial charge < -0.3 is 9.80 Å². The van der Waals surface area contributed by atoms with Gasteiger partial charge in [0.2, 0.25) is 0 Å². The Morgan fingerprint density at radius 2 is 1.38 bits per heavy atom. The van der Waals surface area contributed by atoms with Gasteiger partial charge >= 0.3 is 0 Å². The molecule has 0 aromatic heterocycles. The number of quaternary nitrogens is 1. The summed E-state index contributed by atoms with van der Waals surface area (Å²) in [5.74, 6) is 0.266. The fourth-order valence-corrected chi connectivity index (χ4v) is 5.33. The summed E-state index contributed by atoms with van der Waals surface area (Å²) in [4.78, 5) is 13.3. The minimum atomic E-state index is -0.166. The molecule has 0 atom stereocenters. The number of nitrogens with one attached hydrogen (secondary N) is 1. The van der Waals surface area contributed by atoms with Crippen LogP contribution in [0.15, 0.2) is 48.5 Å². The van der Waals surface area contributed by atoms with Crippen LogP contribution in [-0.2, 0) is 37.5 Å². The van der Waals surface area contributed by atoms with Crippen molar-refractivity contribution in [3.63, 3.8) is 0 Å². The van der Waals surface area contributed by atoms with Gasteiger partial charge in [-0.2, -0.15) is 0 Å². The third-order valence-electron chi connectivity index (χ3n) is 7.49. The van der Waals surface area contributed by atoms with Crippen molar-refractivity contribution < 1.29 is 42.0 Å². The zero-order chi connectivity index (χ0) is 22.3. The van der Waals surface area contributed by atoms with Crippen molar-refractivity contribution in [2.24, 2.45) is 0 Å². The van der Waals surface area contributed by atoms with Crippen LogP contribution in [0.3, 0.4) is 0 Å². The van der Waals surface area contributed by atoms with Crippen molar-refractivity contribution in [3.05, 3.63) is 65.2 Å². The van der Waals surface area contributed by atoms with E-state index < -0.39 is 0 Å². The van der Waals surface area contributed by atoms with Gasteiger partial charge in [0.15, 0.2) is 5.54 Å². The summed E-state index contributed by atoms with van der Waals surface area (Å²) in [6, 6.07) is 16.5. The number of para-hydroxylation sites is 1. The molecule has 1 amide bonds. The number of aryl methyl sites for hydroxylation is 3. The molecule has 1 heterocycles. The second kappa shape index (κ2) is 12.4. The molecule has 2 aromatic rings. The molecule has 2 aromatic carbocycles. The van der Waals surface area contributed by atoms with Crippen molar-refractivity contribution in [2.75, 3.05) is 25.0 Å². The van der Waals surface area contributed by atoms with E-state index in [1.54, 1.807) is 0 Å². The molecule has 32 heavy (non-hydrogen) atoms. The summed E-state index contributed by atoms with van der Waals surface area (Å²) < 4.78 is 1.02. The van der Waals surface area contributed by atoms with E-state index in [2.05, 4.69) is 63.3 Å². The number of likely N-dealkylation sites (N-methyl/N-ethyl adjacent to an activating group) is 1. The van der Waals surface area contributed by atoms with Crippen LogP contribution < -0.4 is 5.32 Å². The van der Waals surface area contributed by atoms with Crippen molar-refractivity contribution >= 4 is 11.6 Å². The molecule has 1 aliphatic heterocycles. The first-order valence-electron chi connectivity index (χ1n) is 12.2. The standard InChI is InChI=1S/C21H32N2O.C7H8.Y/c1-4-23(15-8-6-5-7-9-16-23)21(13-14-21)20(24)22-19-17(2)11-10-12-18(19)3;1-7-5-3-2-4-6-7;/h10-12H,4-9,13-16H2,1-3H3;2-6H,1H3;/p+1. The fourth-order valence-electron chi connectivity index (χ4n) is 5.33. The number of anilines is 1. The van der Waals surface area contributed by atoms with Crippen molar-refractivity contribution in [3.8, 4) is 0 Å². The second-order valence-corrected chi connectivity index (χ2v) is 9.58. The Bertz CT molecular complexity index is 833. The van der Waals surface area contributed by atoms with Crippen molar-refractivity contribution in [2.45, 2.75) is 78.2 Å². The Kier molecular flexibility index (Phi) is 10.6. The van der Waals surface area contributed by atoms with Crippen LogP contribution >= 0.6 is 0 Å². The van der Waals surface area contributed by atoms with Crippen molar-refractivity contribution in [1.82, 2.24) is 0 Å². The summed E-state index contributed by atoms with van der Waals surface area (Å²) in [7, 11) is 0. The van der Waals surface area contributed by atoms with Gasteiger partial charge in [0.25, 0.3) is 5.91 Å². The molecule has 0 unspecified atom stereocenters. The van der Waals surface area contributed by atoms with Crippen LogP contribution in [0.1, 0.15) is 68.6 Å². The predicted octanol–water partition coefficient (Wildman–Crippen LogP) is 6.57. The monoisotopic (exact) mass is 510 g/mol. The zero-order valence-corrected chi connectivity index (χ0v) is 23.5. The zero-order valence-electron chi connectivity index (χ0n) is 20.6. The third kappa shape index (κ3) is 6.30. The van der Waals surface area contributed by atoms with Gasteiger partial charge in [-0.1, -0.05) is 60.5 Å². The molecule has 4 rings (SSSR count). The molecule has 1 N–H and O–H groups in total. The van der Waals surface area contributed by atoms with Gasteiger partial charge in [-0.3, -0.25) is 4.79 Å². The molecule has 2 aliphatic rings. The molecule has 1 aliphatic carbocycles. The van der Waals surface area contributed by atoms with E-state index in [9.17, 15) is 4.79 Å². The van der Waals surface area contributed by atoms with Crippen LogP contribution in [0.4, 0.5) is 5.69 Å². The van der Waals surface area contributed by atoms with Gasteiger partial charge in [0.1, 0.15) is 0 Å². The molecule has 2 fully saturated rings. The Morgan fingerprint density at radius 3 is 1.81 bits per heavy atom. The smallest absolute Gasteiger partial charge is 0.285 e. The molecule has 1 radical (unpaired) electrons. The largest absolute Gasteiger partial charge is 0.320 e. The molecule has 1 saturated carbocycles. The first-order chi connectivity index (χ1) is 14.9.